The van der Waals surface area contributed by atoms with E-state index in [1.807, 2.05) is 20.8 Å². The summed E-state index contributed by atoms with van der Waals surface area (Å²) in [7, 11) is -3.35. The van der Waals surface area contributed by atoms with Crippen molar-refractivity contribution < 1.29 is 13.2 Å². The normalized spacial score (nSPS) is 19.4. The van der Waals surface area contributed by atoms with Gasteiger partial charge in [-0.2, -0.15) is 9.57 Å². The van der Waals surface area contributed by atoms with Crippen molar-refractivity contribution in [1.29, 1.82) is 5.26 Å². The molecule has 0 spiro atoms. The van der Waals surface area contributed by atoms with Gasteiger partial charge in [-0.3, -0.25) is 0 Å². The predicted molar refractivity (Wildman–Crippen MR) is 94.3 cm³/mol. The Balaban J connectivity index is 2.55. The Bertz CT molecular complexity index is 735. The third kappa shape index (κ3) is 3.90. The lowest BCUT2D eigenvalue weighted by Gasteiger charge is -2.42. The molecule has 2 rings (SSSR count). The van der Waals surface area contributed by atoms with Gasteiger partial charge in [-0.15, -0.1) is 0 Å². The van der Waals surface area contributed by atoms with Gasteiger partial charge in [0.15, 0.2) is 0 Å². The molecular weight excluding hydrogens is 324 g/mol. The Hall–Kier alpha value is -1.58. The average molecular weight is 350 g/mol. The zero-order valence-corrected chi connectivity index (χ0v) is 15.7. The minimum Gasteiger partial charge on any atom is -0.487 e. The molecule has 0 saturated heterocycles. The van der Waals surface area contributed by atoms with Crippen LogP contribution in [0.25, 0.3) is 0 Å². The molecule has 0 amide bonds. The molecule has 1 atom stereocenters. The molecule has 0 aromatic heterocycles. The van der Waals surface area contributed by atoms with Crippen molar-refractivity contribution in [3.8, 4) is 11.8 Å². The third-order valence-electron chi connectivity index (χ3n) is 4.37. The van der Waals surface area contributed by atoms with Gasteiger partial charge in [-0.05, 0) is 45.4 Å². The zero-order valence-electron chi connectivity index (χ0n) is 14.9. The SMILES string of the molecule is CCCCN(C1CC(C)(C)Oc2ccc(C#N)cc21)S(=O)(=O)CC. The van der Waals surface area contributed by atoms with Gasteiger partial charge in [-0.25, -0.2) is 8.42 Å². The molecule has 24 heavy (non-hydrogen) atoms. The quantitative estimate of drug-likeness (QED) is 0.786. The summed E-state index contributed by atoms with van der Waals surface area (Å²) in [6.07, 6.45) is 2.30. The summed E-state index contributed by atoms with van der Waals surface area (Å²) in [5.41, 5.74) is 0.854. The first-order valence-corrected chi connectivity index (χ1v) is 10.1. The minimum atomic E-state index is -3.35. The maximum Gasteiger partial charge on any atom is 0.214 e. The Kier molecular flexibility index (Phi) is 5.56. The molecule has 1 aliphatic heterocycles. The number of rotatable bonds is 6. The van der Waals surface area contributed by atoms with E-state index in [9.17, 15) is 13.7 Å². The maximum absolute atomic E-state index is 12.7. The average Bonchev–Trinajstić information content (AvgIpc) is 2.53. The van der Waals surface area contributed by atoms with Crippen molar-refractivity contribution in [1.82, 2.24) is 4.31 Å². The summed E-state index contributed by atoms with van der Waals surface area (Å²) in [5.74, 6) is 0.741. The largest absolute Gasteiger partial charge is 0.487 e. The lowest BCUT2D eigenvalue weighted by atomic mass is 9.89. The lowest BCUT2D eigenvalue weighted by molar-refractivity contribution is 0.0501. The standard InChI is InChI=1S/C18H26N2O3S/c1-5-7-10-20(24(21,22)6-2)16-12-18(3,4)23-17-9-8-14(13-19)11-15(16)17/h8-9,11,16H,5-7,10,12H2,1-4H3. The van der Waals surface area contributed by atoms with Gasteiger partial charge in [0.05, 0.1) is 23.4 Å². The van der Waals surface area contributed by atoms with Gasteiger partial charge in [0.1, 0.15) is 11.4 Å². The van der Waals surface area contributed by atoms with Crippen LogP contribution in [0.1, 0.15) is 64.1 Å². The highest BCUT2D eigenvalue weighted by Crippen LogP contribution is 2.44. The second kappa shape index (κ2) is 7.12. The van der Waals surface area contributed by atoms with Crippen molar-refractivity contribution in [2.45, 2.75) is 58.6 Å². The van der Waals surface area contributed by atoms with Crippen molar-refractivity contribution in [3.63, 3.8) is 0 Å². The van der Waals surface area contributed by atoms with E-state index >= 15 is 0 Å². The summed E-state index contributed by atoms with van der Waals surface area (Å²) in [4.78, 5) is 0. The molecule has 1 aromatic rings. The van der Waals surface area contributed by atoms with E-state index in [0.717, 1.165) is 18.4 Å². The molecule has 5 nitrogen and oxygen atoms in total. The molecular formula is C18H26N2O3S. The number of ether oxygens (including phenoxy) is 1. The van der Waals surface area contributed by atoms with E-state index in [2.05, 4.69) is 6.07 Å². The summed E-state index contributed by atoms with van der Waals surface area (Å²) in [6.45, 7) is 8.15. The number of hydrogen-bond acceptors (Lipinski definition) is 4. The summed E-state index contributed by atoms with van der Waals surface area (Å²) >= 11 is 0. The fraction of sp³-hybridized carbons (Fsp3) is 0.611. The number of hydrogen-bond donors (Lipinski definition) is 0. The Morgan fingerprint density at radius 2 is 2.08 bits per heavy atom. The number of unbranched alkanes of at least 4 members (excludes halogenated alkanes) is 1. The molecule has 0 bridgehead atoms. The molecule has 1 aliphatic rings. The van der Waals surface area contributed by atoms with Crippen molar-refractivity contribution >= 4 is 10.0 Å². The van der Waals surface area contributed by atoms with Crippen LogP contribution in [0.15, 0.2) is 18.2 Å². The highest BCUT2D eigenvalue weighted by Gasteiger charge is 2.40. The minimum absolute atomic E-state index is 0.0712. The first kappa shape index (κ1) is 18.8. The molecule has 132 valence electrons. The lowest BCUT2D eigenvalue weighted by Crippen LogP contribution is -2.44. The van der Waals surface area contributed by atoms with E-state index in [1.165, 1.54) is 0 Å². The van der Waals surface area contributed by atoms with Crippen molar-refractivity contribution in [2.24, 2.45) is 0 Å². The number of nitrogens with zero attached hydrogens (tertiary/aromatic N) is 2. The van der Waals surface area contributed by atoms with Gasteiger partial charge in [0.25, 0.3) is 0 Å². The fourth-order valence-electron chi connectivity index (χ4n) is 3.11. The van der Waals surface area contributed by atoms with Crippen LogP contribution in [0.4, 0.5) is 0 Å². The molecule has 6 heteroatoms. The first-order chi connectivity index (χ1) is 11.2. The second-order valence-corrected chi connectivity index (χ2v) is 9.02. The van der Waals surface area contributed by atoms with E-state index in [4.69, 9.17) is 4.74 Å². The van der Waals surface area contributed by atoms with Crippen LogP contribution in [-0.2, 0) is 10.0 Å². The first-order valence-electron chi connectivity index (χ1n) is 8.46. The van der Waals surface area contributed by atoms with E-state index in [-0.39, 0.29) is 11.8 Å². The molecule has 1 aromatic carbocycles. The molecule has 0 fully saturated rings. The molecule has 0 radical (unpaired) electrons. The van der Waals surface area contributed by atoms with Gasteiger partial charge < -0.3 is 4.74 Å². The van der Waals surface area contributed by atoms with Crippen LogP contribution >= 0.6 is 0 Å². The number of benzene rings is 1. The fourth-order valence-corrected chi connectivity index (χ4v) is 4.43. The van der Waals surface area contributed by atoms with Crippen LogP contribution in [0, 0.1) is 11.3 Å². The number of fused-ring (bicyclic) bond motifs is 1. The Morgan fingerprint density at radius 1 is 1.38 bits per heavy atom. The van der Waals surface area contributed by atoms with E-state index in [0.29, 0.717) is 24.3 Å². The monoisotopic (exact) mass is 350 g/mol. The summed E-state index contributed by atoms with van der Waals surface area (Å²) in [5, 5.41) is 9.19. The highest BCUT2D eigenvalue weighted by molar-refractivity contribution is 7.89. The second-order valence-electron chi connectivity index (χ2n) is 6.81. The molecule has 1 unspecified atom stereocenters. The van der Waals surface area contributed by atoms with Crippen LogP contribution in [0.3, 0.4) is 0 Å². The van der Waals surface area contributed by atoms with Gasteiger partial charge in [0, 0.05) is 18.5 Å². The molecule has 1 heterocycles. The van der Waals surface area contributed by atoms with Crippen LogP contribution in [-0.4, -0.2) is 30.6 Å². The van der Waals surface area contributed by atoms with Crippen molar-refractivity contribution in [3.05, 3.63) is 29.3 Å². The summed E-state index contributed by atoms with van der Waals surface area (Å²) in [6, 6.07) is 7.08. The number of nitriles is 1. The van der Waals surface area contributed by atoms with Gasteiger partial charge in [0.2, 0.25) is 10.0 Å². The number of sulfonamides is 1. The van der Waals surface area contributed by atoms with Crippen LogP contribution in [0.5, 0.6) is 5.75 Å². The highest BCUT2D eigenvalue weighted by atomic mass is 32.2. The third-order valence-corrected chi connectivity index (χ3v) is 6.25. The van der Waals surface area contributed by atoms with Gasteiger partial charge >= 0.3 is 0 Å². The van der Waals surface area contributed by atoms with Crippen LogP contribution < -0.4 is 4.74 Å². The smallest absolute Gasteiger partial charge is 0.214 e. The summed E-state index contributed by atoms with van der Waals surface area (Å²) < 4.78 is 33.0. The maximum atomic E-state index is 12.7. The van der Waals surface area contributed by atoms with Gasteiger partial charge in [-0.1, -0.05) is 13.3 Å². The molecule has 0 saturated carbocycles. The Morgan fingerprint density at radius 3 is 2.67 bits per heavy atom. The molecule has 0 aliphatic carbocycles. The Labute approximate surface area is 145 Å². The molecule has 0 N–H and O–H groups in total. The predicted octanol–water partition coefficient (Wildman–Crippen LogP) is 3.61. The van der Waals surface area contributed by atoms with Crippen LogP contribution in [0.2, 0.25) is 0 Å². The van der Waals surface area contributed by atoms with E-state index in [1.54, 1.807) is 29.4 Å². The van der Waals surface area contributed by atoms with Crippen molar-refractivity contribution in [2.75, 3.05) is 12.3 Å². The van der Waals surface area contributed by atoms with E-state index < -0.39 is 15.6 Å². The zero-order chi connectivity index (χ0) is 18.0. The topological polar surface area (TPSA) is 70.4 Å².